The van der Waals surface area contributed by atoms with Crippen LogP contribution in [-0.4, -0.2) is 44.0 Å². The summed E-state index contributed by atoms with van der Waals surface area (Å²) >= 11 is 1.55. The van der Waals surface area contributed by atoms with Crippen LogP contribution in [0.3, 0.4) is 0 Å². The first-order valence-corrected chi connectivity index (χ1v) is 15.8. The van der Waals surface area contributed by atoms with Crippen LogP contribution in [0.4, 0.5) is 0 Å². The van der Waals surface area contributed by atoms with Crippen molar-refractivity contribution in [3.8, 4) is 11.1 Å². The number of aliphatic hydroxyl groups is 1. The molecule has 45 heavy (non-hydrogen) atoms. The third-order valence-electron chi connectivity index (χ3n) is 7.42. The van der Waals surface area contributed by atoms with Gasteiger partial charge in [-0.05, 0) is 46.4 Å². The zero-order valence-corrected chi connectivity index (χ0v) is 25.5. The number of carbonyl (C=O) groups is 2. The number of carbonyl (C=O) groups excluding carboxylic acids is 2. The highest BCUT2D eigenvalue weighted by molar-refractivity contribution is 7.99. The van der Waals surface area contributed by atoms with Gasteiger partial charge in [-0.2, -0.15) is 0 Å². The SMILES string of the molecule is O=C(CCCC(=O)NCc1cccc(-c2ccc([C@@H]3O[C@H](CSc4ncccn4)C[C@H](c4ccc(CO)cc4)O3)cc2)c1)NO. The Morgan fingerprint density at radius 2 is 1.58 bits per heavy atom. The molecule has 0 bridgehead atoms. The summed E-state index contributed by atoms with van der Waals surface area (Å²) in [7, 11) is 0. The highest BCUT2D eigenvalue weighted by atomic mass is 32.2. The Labute approximate surface area is 266 Å². The fraction of sp³-hybridized carbons (Fsp3) is 0.294. The summed E-state index contributed by atoms with van der Waals surface area (Å²) in [4.78, 5) is 31.9. The molecule has 5 rings (SSSR count). The van der Waals surface area contributed by atoms with E-state index < -0.39 is 12.2 Å². The molecule has 1 aliphatic heterocycles. The van der Waals surface area contributed by atoms with Crippen LogP contribution < -0.4 is 10.8 Å². The summed E-state index contributed by atoms with van der Waals surface area (Å²) < 4.78 is 12.9. The van der Waals surface area contributed by atoms with Gasteiger partial charge in [0.15, 0.2) is 11.4 Å². The standard InChI is InChI=1S/C34H36N4O6S/c39-21-23-8-10-26(11-9-23)30-19-29(22-45-34-35-16-3-17-36-34)43-33(44-30)27-14-12-25(13-15-27)28-5-1-4-24(18-28)20-37-31(40)6-2-7-32(41)38-42/h1,3-5,8-18,29-30,33,39,42H,2,6-7,19-22H2,(H,37,40)(H,38,41)/t29-,30+,33+/m0/s1. The number of aliphatic hydroxyl groups excluding tert-OH is 1. The van der Waals surface area contributed by atoms with E-state index in [1.807, 2.05) is 72.8 Å². The number of rotatable bonds is 13. The van der Waals surface area contributed by atoms with Crippen molar-refractivity contribution in [3.63, 3.8) is 0 Å². The molecule has 3 aromatic carbocycles. The van der Waals surface area contributed by atoms with Gasteiger partial charge in [-0.25, -0.2) is 15.4 Å². The van der Waals surface area contributed by atoms with Crippen LogP contribution >= 0.6 is 11.8 Å². The minimum atomic E-state index is -0.567. The number of thioether (sulfide) groups is 1. The Morgan fingerprint density at radius 1 is 0.844 bits per heavy atom. The van der Waals surface area contributed by atoms with Gasteiger partial charge < -0.3 is 19.9 Å². The zero-order valence-electron chi connectivity index (χ0n) is 24.7. The molecule has 0 spiro atoms. The zero-order chi connectivity index (χ0) is 31.4. The van der Waals surface area contributed by atoms with Gasteiger partial charge in [0.1, 0.15) is 0 Å². The summed E-state index contributed by atoms with van der Waals surface area (Å²) in [6.07, 6.45) is 3.93. The number of hydrogen-bond acceptors (Lipinski definition) is 9. The fourth-order valence-electron chi connectivity index (χ4n) is 5.00. The summed E-state index contributed by atoms with van der Waals surface area (Å²) in [5, 5.41) is 21.6. The fourth-order valence-corrected chi connectivity index (χ4v) is 5.82. The molecule has 11 heteroatoms. The van der Waals surface area contributed by atoms with Crippen molar-refractivity contribution in [2.75, 3.05) is 5.75 Å². The van der Waals surface area contributed by atoms with E-state index in [0.29, 0.717) is 30.3 Å². The maximum atomic E-state index is 12.2. The molecule has 10 nitrogen and oxygen atoms in total. The molecule has 234 valence electrons. The number of ether oxygens (including phenoxy) is 2. The van der Waals surface area contributed by atoms with Gasteiger partial charge in [0, 0.05) is 49.5 Å². The molecule has 3 atom stereocenters. The lowest BCUT2D eigenvalue weighted by Crippen LogP contribution is -2.31. The molecule has 0 unspecified atom stereocenters. The van der Waals surface area contributed by atoms with Crippen molar-refractivity contribution in [3.05, 3.63) is 114 Å². The number of hydroxylamine groups is 1. The van der Waals surface area contributed by atoms with Crippen LogP contribution in [0.25, 0.3) is 11.1 Å². The molecule has 2 heterocycles. The largest absolute Gasteiger partial charge is 0.392 e. The van der Waals surface area contributed by atoms with Crippen LogP contribution in [0.2, 0.25) is 0 Å². The van der Waals surface area contributed by atoms with Crippen LogP contribution in [0.15, 0.2) is 96.4 Å². The highest BCUT2D eigenvalue weighted by Crippen LogP contribution is 2.39. The van der Waals surface area contributed by atoms with E-state index in [1.54, 1.807) is 35.7 Å². The third kappa shape index (κ3) is 9.43. The van der Waals surface area contributed by atoms with Gasteiger partial charge >= 0.3 is 0 Å². The average Bonchev–Trinajstić information content (AvgIpc) is 3.10. The first-order chi connectivity index (χ1) is 22.0. The molecule has 4 aromatic rings. The minimum Gasteiger partial charge on any atom is -0.392 e. The van der Waals surface area contributed by atoms with Crippen LogP contribution in [0, 0.1) is 0 Å². The van der Waals surface area contributed by atoms with Gasteiger partial charge in [0.25, 0.3) is 0 Å². The van der Waals surface area contributed by atoms with E-state index >= 15 is 0 Å². The lowest BCUT2D eigenvalue weighted by atomic mass is 9.99. The lowest BCUT2D eigenvalue weighted by Gasteiger charge is -2.36. The molecule has 2 amide bonds. The van der Waals surface area contributed by atoms with E-state index in [-0.39, 0.29) is 37.6 Å². The normalized spacial score (nSPS) is 17.9. The number of amides is 2. The molecule has 1 saturated heterocycles. The van der Waals surface area contributed by atoms with Crippen LogP contribution in [0.1, 0.15) is 60.3 Å². The maximum Gasteiger partial charge on any atom is 0.243 e. The number of nitrogens with one attached hydrogen (secondary N) is 2. The van der Waals surface area contributed by atoms with Crippen molar-refractivity contribution in [2.24, 2.45) is 0 Å². The monoisotopic (exact) mass is 628 g/mol. The topological polar surface area (TPSA) is 143 Å². The number of aromatic nitrogens is 2. The molecular formula is C34H36N4O6S. The number of hydrogen-bond donors (Lipinski definition) is 4. The Bertz CT molecular complexity index is 1540. The third-order valence-corrected chi connectivity index (χ3v) is 8.43. The predicted octanol–water partition coefficient (Wildman–Crippen LogP) is 5.27. The Balaban J connectivity index is 1.24. The Kier molecular flexibility index (Phi) is 11.7. The molecule has 1 fully saturated rings. The van der Waals surface area contributed by atoms with Crippen molar-refractivity contribution in [1.29, 1.82) is 0 Å². The summed E-state index contributed by atoms with van der Waals surface area (Å²) in [5.74, 6) is 0.0150. The van der Waals surface area contributed by atoms with E-state index in [1.165, 1.54) is 0 Å². The van der Waals surface area contributed by atoms with E-state index in [4.69, 9.17) is 14.7 Å². The second kappa shape index (κ2) is 16.3. The van der Waals surface area contributed by atoms with E-state index in [0.717, 1.165) is 33.4 Å². The second-order valence-corrected chi connectivity index (χ2v) is 11.7. The summed E-state index contributed by atoms with van der Waals surface area (Å²) in [6.45, 7) is 0.361. The van der Waals surface area contributed by atoms with Gasteiger partial charge in [-0.1, -0.05) is 78.5 Å². The summed E-state index contributed by atoms with van der Waals surface area (Å²) in [6, 6.07) is 25.7. The maximum absolute atomic E-state index is 12.2. The van der Waals surface area contributed by atoms with Crippen molar-refractivity contribution >= 4 is 23.6 Å². The van der Waals surface area contributed by atoms with Gasteiger partial charge in [0.2, 0.25) is 11.8 Å². The Hall–Kier alpha value is -4.13. The molecule has 0 radical (unpaired) electrons. The van der Waals surface area contributed by atoms with Crippen LogP contribution in [-0.2, 0) is 32.2 Å². The minimum absolute atomic E-state index is 0.00876. The lowest BCUT2D eigenvalue weighted by molar-refractivity contribution is -0.245. The van der Waals surface area contributed by atoms with Crippen LogP contribution in [0.5, 0.6) is 0 Å². The smallest absolute Gasteiger partial charge is 0.243 e. The van der Waals surface area contributed by atoms with Crippen molar-refractivity contribution in [1.82, 2.24) is 20.8 Å². The second-order valence-electron chi connectivity index (χ2n) is 10.7. The molecule has 4 N–H and O–H groups in total. The van der Waals surface area contributed by atoms with E-state index in [9.17, 15) is 14.7 Å². The molecule has 0 aliphatic carbocycles. The quantitative estimate of drug-likeness (QED) is 0.0674. The predicted molar refractivity (Wildman–Crippen MR) is 169 cm³/mol. The molecule has 0 saturated carbocycles. The number of nitrogens with zero attached hydrogens (tertiary/aromatic N) is 2. The van der Waals surface area contributed by atoms with Crippen molar-refractivity contribution < 1.29 is 29.4 Å². The number of benzene rings is 3. The molecule has 1 aromatic heterocycles. The van der Waals surface area contributed by atoms with E-state index in [2.05, 4.69) is 15.3 Å². The first kappa shape index (κ1) is 32.3. The Morgan fingerprint density at radius 3 is 2.31 bits per heavy atom. The van der Waals surface area contributed by atoms with Gasteiger partial charge in [0.05, 0.1) is 18.8 Å². The first-order valence-electron chi connectivity index (χ1n) is 14.8. The summed E-state index contributed by atoms with van der Waals surface area (Å²) in [5.41, 5.74) is 7.33. The average molecular weight is 629 g/mol. The molecule has 1 aliphatic rings. The highest BCUT2D eigenvalue weighted by Gasteiger charge is 2.32. The van der Waals surface area contributed by atoms with Crippen molar-refractivity contribution in [2.45, 2.75) is 62.5 Å². The van der Waals surface area contributed by atoms with Gasteiger partial charge in [-0.3, -0.25) is 14.8 Å². The molecular weight excluding hydrogens is 592 g/mol. The van der Waals surface area contributed by atoms with Gasteiger partial charge in [-0.15, -0.1) is 0 Å².